The Morgan fingerprint density at radius 2 is 2.30 bits per heavy atom. The van der Waals surface area contributed by atoms with Gasteiger partial charge in [-0.05, 0) is 12.1 Å². The van der Waals surface area contributed by atoms with E-state index in [1.807, 2.05) is 11.0 Å². The fourth-order valence-corrected chi connectivity index (χ4v) is 5.23. The fraction of sp³-hybridized carbons (Fsp3) is 0.462. The van der Waals surface area contributed by atoms with E-state index in [0.29, 0.717) is 29.2 Å². The summed E-state index contributed by atoms with van der Waals surface area (Å²) in [6.45, 7) is 2.27. The predicted octanol–water partition coefficient (Wildman–Crippen LogP) is 1.45. The van der Waals surface area contributed by atoms with Crippen LogP contribution in [-0.2, 0) is 9.84 Å². The topological polar surface area (TPSA) is 87.2 Å². The van der Waals surface area contributed by atoms with Crippen molar-refractivity contribution in [3.63, 3.8) is 0 Å². The number of benzene rings is 1. The van der Waals surface area contributed by atoms with Crippen LogP contribution in [0, 0.1) is 11.3 Å². The zero-order chi connectivity index (χ0) is 14.8. The first-order valence-corrected chi connectivity index (χ1v) is 9.22. The van der Waals surface area contributed by atoms with Crippen LogP contribution in [0.3, 0.4) is 0 Å². The van der Waals surface area contributed by atoms with E-state index in [0.717, 1.165) is 5.75 Å². The molecule has 0 saturated carbocycles. The van der Waals surface area contributed by atoms with Gasteiger partial charge < -0.3 is 10.6 Å². The number of nitrogens with zero attached hydrogens (tertiary/aromatic N) is 2. The van der Waals surface area contributed by atoms with E-state index in [4.69, 9.17) is 11.0 Å². The average Bonchev–Trinajstić information content (AvgIpc) is 2.47. The highest BCUT2D eigenvalue weighted by Crippen LogP contribution is 2.32. The van der Waals surface area contributed by atoms with Crippen molar-refractivity contribution in [2.24, 2.45) is 0 Å². The summed E-state index contributed by atoms with van der Waals surface area (Å²) >= 11 is 1.63. The second kappa shape index (κ2) is 5.94. The Balaban J connectivity index is 2.47. The maximum Gasteiger partial charge on any atom is 0.171 e. The van der Waals surface area contributed by atoms with Crippen molar-refractivity contribution in [2.75, 3.05) is 34.4 Å². The molecule has 1 unspecified atom stereocenters. The monoisotopic (exact) mass is 311 g/mol. The molecule has 1 aromatic carbocycles. The Bertz CT molecular complexity index is 638. The molecule has 0 spiro atoms. The molecule has 1 aliphatic heterocycles. The number of para-hydroxylation sites is 1. The lowest BCUT2D eigenvalue weighted by atomic mass is 10.1. The molecule has 2 N–H and O–H groups in total. The number of anilines is 2. The molecule has 0 aliphatic carbocycles. The van der Waals surface area contributed by atoms with Crippen LogP contribution >= 0.6 is 11.8 Å². The summed E-state index contributed by atoms with van der Waals surface area (Å²) in [7, 11) is -3.19. The molecular weight excluding hydrogens is 294 g/mol. The van der Waals surface area contributed by atoms with Crippen molar-refractivity contribution < 1.29 is 8.42 Å². The molecule has 0 radical (unpaired) electrons. The number of thioether (sulfide) groups is 1. The summed E-state index contributed by atoms with van der Waals surface area (Å²) in [5.74, 6) is 1.49. The van der Waals surface area contributed by atoms with Crippen LogP contribution in [0.5, 0.6) is 0 Å². The van der Waals surface area contributed by atoms with Gasteiger partial charge in [-0.25, -0.2) is 8.42 Å². The van der Waals surface area contributed by atoms with Gasteiger partial charge in [-0.1, -0.05) is 13.0 Å². The first kappa shape index (κ1) is 15.0. The van der Waals surface area contributed by atoms with Crippen molar-refractivity contribution in [1.82, 2.24) is 0 Å². The minimum Gasteiger partial charge on any atom is -0.396 e. The quantitative estimate of drug-likeness (QED) is 0.850. The number of rotatable bonds is 3. The molecule has 0 bridgehead atoms. The Morgan fingerprint density at radius 3 is 2.95 bits per heavy atom. The summed E-state index contributed by atoms with van der Waals surface area (Å²) in [5, 5.41) is 8.48. The van der Waals surface area contributed by atoms with Gasteiger partial charge in [0.2, 0.25) is 0 Å². The van der Waals surface area contributed by atoms with Crippen LogP contribution in [-0.4, -0.2) is 37.6 Å². The third-order valence-corrected chi connectivity index (χ3v) is 6.70. The van der Waals surface area contributed by atoms with E-state index in [1.54, 1.807) is 36.9 Å². The Labute approximate surface area is 123 Å². The predicted molar refractivity (Wildman–Crippen MR) is 83.5 cm³/mol. The van der Waals surface area contributed by atoms with Crippen molar-refractivity contribution in [3.05, 3.63) is 23.8 Å². The van der Waals surface area contributed by atoms with E-state index >= 15 is 0 Å². The molecule has 1 aromatic rings. The van der Waals surface area contributed by atoms with E-state index in [1.165, 1.54) is 0 Å². The number of nitriles is 1. The van der Waals surface area contributed by atoms with Gasteiger partial charge in [0.25, 0.3) is 0 Å². The fourth-order valence-electron chi connectivity index (χ4n) is 2.25. The molecule has 5 nitrogen and oxygen atoms in total. The van der Waals surface area contributed by atoms with Gasteiger partial charge in [-0.15, -0.1) is 0 Å². The molecule has 20 heavy (non-hydrogen) atoms. The number of nitrogen functional groups attached to an aromatic ring is 1. The molecule has 1 saturated heterocycles. The largest absolute Gasteiger partial charge is 0.396 e. The lowest BCUT2D eigenvalue weighted by Gasteiger charge is -2.37. The van der Waals surface area contributed by atoms with Crippen LogP contribution in [0.25, 0.3) is 0 Å². The molecule has 1 atom stereocenters. The standard InChI is InChI=1S/C13H17N3O2S2/c1-2-20(17,18)12-9-19-7-6-16(12)11-5-3-4-10(8-14)13(11)15/h3-5,12H,2,6-7,9,15H2,1H3. The summed E-state index contributed by atoms with van der Waals surface area (Å²) in [6.07, 6.45) is 0. The van der Waals surface area contributed by atoms with Crippen LogP contribution in [0.1, 0.15) is 12.5 Å². The molecule has 0 amide bonds. The summed E-state index contributed by atoms with van der Waals surface area (Å²) in [5.41, 5.74) is 7.39. The lowest BCUT2D eigenvalue weighted by Crippen LogP contribution is -2.48. The van der Waals surface area contributed by atoms with Gasteiger partial charge in [-0.3, -0.25) is 0 Å². The number of hydrogen-bond donors (Lipinski definition) is 1. The number of hydrogen-bond acceptors (Lipinski definition) is 6. The zero-order valence-corrected chi connectivity index (χ0v) is 12.9. The Kier molecular flexibility index (Phi) is 4.45. The summed E-state index contributed by atoms with van der Waals surface area (Å²) in [4.78, 5) is 1.82. The highest BCUT2D eigenvalue weighted by atomic mass is 32.2. The van der Waals surface area contributed by atoms with Gasteiger partial charge in [0.1, 0.15) is 11.4 Å². The molecule has 7 heteroatoms. The van der Waals surface area contributed by atoms with Crippen molar-refractivity contribution >= 4 is 33.0 Å². The number of nitrogens with two attached hydrogens (primary N) is 1. The SMILES string of the molecule is CCS(=O)(=O)C1CSCCN1c1cccc(C#N)c1N. The third kappa shape index (κ3) is 2.72. The maximum absolute atomic E-state index is 12.2. The van der Waals surface area contributed by atoms with Gasteiger partial charge in [0, 0.05) is 23.8 Å². The normalized spacial score (nSPS) is 19.6. The molecular formula is C13H17N3O2S2. The van der Waals surface area contributed by atoms with Gasteiger partial charge in [-0.2, -0.15) is 17.0 Å². The molecule has 1 aliphatic rings. The van der Waals surface area contributed by atoms with E-state index in [-0.39, 0.29) is 5.75 Å². The van der Waals surface area contributed by atoms with E-state index in [9.17, 15) is 8.42 Å². The molecule has 108 valence electrons. The van der Waals surface area contributed by atoms with E-state index in [2.05, 4.69) is 0 Å². The molecule has 2 rings (SSSR count). The second-order valence-corrected chi connectivity index (χ2v) is 8.12. The van der Waals surface area contributed by atoms with E-state index < -0.39 is 15.2 Å². The zero-order valence-electron chi connectivity index (χ0n) is 11.2. The Hall–Kier alpha value is -1.39. The minimum atomic E-state index is -3.19. The Morgan fingerprint density at radius 1 is 1.55 bits per heavy atom. The first-order chi connectivity index (χ1) is 9.51. The van der Waals surface area contributed by atoms with Crippen molar-refractivity contribution in [1.29, 1.82) is 5.26 Å². The molecule has 1 heterocycles. The smallest absolute Gasteiger partial charge is 0.171 e. The lowest BCUT2D eigenvalue weighted by molar-refractivity contribution is 0.580. The number of sulfone groups is 1. The van der Waals surface area contributed by atoms with Crippen molar-refractivity contribution in [3.8, 4) is 6.07 Å². The second-order valence-electron chi connectivity index (χ2n) is 4.52. The highest BCUT2D eigenvalue weighted by Gasteiger charge is 2.34. The van der Waals surface area contributed by atoms with Gasteiger partial charge in [0.05, 0.1) is 16.9 Å². The summed E-state index contributed by atoms with van der Waals surface area (Å²) < 4.78 is 24.5. The maximum atomic E-state index is 12.2. The molecule has 1 fully saturated rings. The molecule has 0 aromatic heterocycles. The minimum absolute atomic E-state index is 0.104. The van der Waals surface area contributed by atoms with Crippen LogP contribution < -0.4 is 10.6 Å². The highest BCUT2D eigenvalue weighted by molar-refractivity contribution is 8.01. The van der Waals surface area contributed by atoms with Gasteiger partial charge >= 0.3 is 0 Å². The first-order valence-electron chi connectivity index (χ1n) is 6.35. The van der Waals surface area contributed by atoms with Gasteiger partial charge in [0.15, 0.2) is 9.84 Å². The third-order valence-electron chi connectivity index (χ3n) is 3.41. The summed E-state index contributed by atoms with van der Waals surface area (Å²) in [6, 6.07) is 7.20. The van der Waals surface area contributed by atoms with Crippen LogP contribution in [0.2, 0.25) is 0 Å². The van der Waals surface area contributed by atoms with Crippen LogP contribution in [0.4, 0.5) is 11.4 Å². The van der Waals surface area contributed by atoms with Crippen molar-refractivity contribution in [2.45, 2.75) is 12.3 Å². The average molecular weight is 311 g/mol. The van der Waals surface area contributed by atoms with Crippen LogP contribution in [0.15, 0.2) is 18.2 Å².